The number of hydrogen-bond donors (Lipinski definition) is 4. The molecule has 0 unspecified atom stereocenters. The molecular formula is C32H28Na4O16S4. The van der Waals surface area contributed by atoms with Crippen molar-refractivity contribution in [3.05, 3.63) is 93.0 Å². The van der Waals surface area contributed by atoms with Crippen LogP contribution in [0.25, 0.3) is 0 Å². The Morgan fingerprint density at radius 3 is 0.661 bits per heavy atom. The molecule has 24 heteroatoms. The van der Waals surface area contributed by atoms with Gasteiger partial charge in [0.2, 0.25) is 0 Å². The van der Waals surface area contributed by atoms with Crippen LogP contribution in [0.1, 0.15) is 57.3 Å². The van der Waals surface area contributed by atoms with Gasteiger partial charge in [0.05, 0.1) is 19.6 Å². The van der Waals surface area contributed by atoms with Crippen molar-refractivity contribution in [2.75, 3.05) is 0 Å². The molecule has 0 saturated heterocycles. The summed E-state index contributed by atoms with van der Waals surface area (Å²) in [5, 5.41) is 54.2. The monoisotopic (exact) mass is 888 g/mol. The maximum Gasteiger partial charge on any atom is 1.00 e. The molecule has 0 aromatic heterocycles. The molecule has 8 bridgehead atoms. The first kappa shape index (κ1) is 53.7. The quantitative estimate of drug-likeness (QED) is 0.109. The minimum atomic E-state index is -4.95. The van der Waals surface area contributed by atoms with Crippen molar-refractivity contribution < 1.29 is 191 Å². The molecule has 1 aliphatic rings. The van der Waals surface area contributed by atoms with Crippen LogP contribution in [-0.4, -0.2) is 51.9 Å². The molecule has 1 aliphatic carbocycles. The summed E-state index contributed by atoms with van der Waals surface area (Å²) in [4.78, 5) is -2.96. The molecule has 4 aromatic rings. The summed E-state index contributed by atoms with van der Waals surface area (Å²) in [5.74, 6) is -3.20. The van der Waals surface area contributed by atoms with E-state index in [1.165, 1.54) is 0 Å². The normalized spacial score (nSPS) is 13.8. The molecule has 0 amide bonds. The third kappa shape index (κ3) is 12.9. The van der Waals surface area contributed by atoms with Gasteiger partial charge in [-0.2, -0.15) is 33.7 Å². The first-order valence-electron chi connectivity index (χ1n) is 15.1. The maximum atomic E-state index is 13.6. The fourth-order valence-electron chi connectivity index (χ4n) is 6.10. The van der Waals surface area contributed by atoms with Crippen molar-refractivity contribution in [1.29, 1.82) is 0 Å². The Balaban J connectivity index is 0.00000392. The van der Waals surface area contributed by atoms with Crippen LogP contribution in [0.5, 0.6) is 23.0 Å². The Bertz CT molecular complexity index is 2230. The smallest absolute Gasteiger partial charge is 0.872 e. The Morgan fingerprint density at radius 1 is 0.339 bits per heavy atom. The summed E-state index contributed by atoms with van der Waals surface area (Å²) >= 11 is 0. The van der Waals surface area contributed by atoms with E-state index < -0.39 is 95.9 Å². The van der Waals surface area contributed by atoms with Gasteiger partial charge in [-0.15, -0.1) is 23.0 Å². The van der Waals surface area contributed by atoms with Crippen LogP contribution in [0.3, 0.4) is 0 Å². The summed E-state index contributed by atoms with van der Waals surface area (Å²) in [7, 11) is -19.8. The minimum absolute atomic E-state index is 0. The van der Waals surface area contributed by atoms with E-state index in [0.29, 0.717) is 0 Å². The van der Waals surface area contributed by atoms with E-state index in [-0.39, 0.29) is 201 Å². The molecular weight excluding hydrogens is 861 g/mol. The maximum absolute atomic E-state index is 13.6. The second-order valence-electron chi connectivity index (χ2n) is 12.2. The van der Waals surface area contributed by atoms with E-state index in [2.05, 4.69) is 0 Å². The summed E-state index contributed by atoms with van der Waals surface area (Å²) in [6.07, 6.45) is -2.76. The van der Waals surface area contributed by atoms with Crippen molar-refractivity contribution in [1.82, 2.24) is 0 Å². The van der Waals surface area contributed by atoms with Crippen molar-refractivity contribution in [3.63, 3.8) is 0 Å². The van der Waals surface area contributed by atoms with Gasteiger partial charge < -0.3 is 20.4 Å². The molecule has 0 radical (unpaired) electrons. The van der Waals surface area contributed by atoms with Crippen LogP contribution < -0.4 is 139 Å². The van der Waals surface area contributed by atoms with E-state index in [9.17, 15) is 72.3 Å². The standard InChI is InChI=1S/C32H32O16S4.4Na/c33-29-17-3-1-4-18-10-26(50(40,41)42)14-22(30(18)34)8-24-16-28(52(46,47)48)12-20(32(24)36)6-2-5-19-11-27(51(43,44)45)15-23(31(19)35)7-21(29)13-25(9-17)49(37,38)39;;;;/h9-16,33-36H,1-8H2,(H,37,38,39)(H,40,41,42)(H,43,44,45)(H,46,47,48);;;;/q;4*+1/p-4. The van der Waals surface area contributed by atoms with Gasteiger partial charge in [0, 0.05) is 0 Å². The fraction of sp³-hybridized carbons (Fsp3) is 0.250. The molecule has 0 heterocycles. The second kappa shape index (κ2) is 20.5. The average Bonchev–Trinajstić information content (AvgIpc) is 3.01. The summed E-state index contributed by atoms with van der Waals surface area (Å²) in [5.41, 5.74) is -2.32. The summed E-state index contributed by atoms with van der Waals surface area (Å²) in [6, 6.07) is 6.61. The van der Waals surface area contributed by atoms with Crippen LogP contribution in [0.15, 0.2) is 68.1 Å². The molecule has 0 atom stereocenters. The largest absolute Gasteiger partial charge is 1.00 e. The van der Waals surface area contributed by atoms with Crippen LogP contribution in [0, 0.1) is 0 Å². The molecule has 4 aromatic carbocycles. The van der Waals surface area contributed by atoms with E-state index >= 15 is 0 Å². The number of rotatable bonds is 4. The predicted octanol–water partition coefficient (Wildman–Crippen LogP) is -11.2. The molecule has 5 rings (SSSR count). The Kier molecular flexibility index (Phi) is 19.7. The van der Waals surface area contributed by atoms with Gasteiger partial charge >= 0.3 is 118 Å². The number of fused-ring (bicyclic) bond motifs is 8. The fourth-order valence-corrected chi connectivity index (χ4v) is 8.43. The molecule has 4 N–H and O–H groups in total. The number of aryl methyl sites for hydroxylation is 4. The van der Waals surface area contributed by atoms with Gasteiger partial charge in [0.25, 0.3) is 40.5 Å². The third-order valence-corrected chi connectivity index (χ3v) is 11.9. The molecule has 16 nitrogen and oxygen atoms in total. The first-order valence-corrected chi connectivity index (χ1v) is 20.9. The van der Waals surface area contributed by atoms with Crippen LogP contribution >= 0.6 is 0 Å². The van der Waals surface area contributed by atoms with Crippen molar-refractivity contribution >= 4 is 40.5 Å². The van der Waals surface area contributed by atoms with Gasteiger partial charge in [0.15, 0.2) is 0 Å². The SMILES string of the molecule is O=S(=O)(O)c1cc2c([O-])c(c1)Cc1cc(S(=O)(=O)O)cc(c1[O-])CCCc1cc(S(=O)(=O)O)cc(c1[O-])Cc1cc(S(=O)(=O)O)cc(c1[O-])CCC2.[Na+].[Na+].[Na+].[Na+]. The van der Waals surface area contributed by atoms with E-state index in [0.717, 1.165) is 48.5 Å². The molecule has 0 aliphatic heterocycles. The van der Waals surface area contributed by atoms with Crippen molar-refractivity contribution in [2.45, 2.75) is 70.9 Å². The van der Waals surface area contributed by atoms with Gasteiger partial charge in [-0.05, 0) is 122 Å². The Hall–Kier alpha value is -0.280. The zero-order valence-corrected chi connectivity index (χ0v) is 41.9. The predicted molar refractivity (Wildman–Crippen MR) is 172 cm³/mol. The van der Waals surface area contributed by atoms with Crippen LogP contribution in [0.4, 0.5) is 0 Å². The van der Waals surface area contributed by atoms with Crippen molar-refractivity contribution in [2.24, 2.45) is 0 Å². The minimum Gasteiger partial charge on any atom is -0.872 e. The van der Waals surface area contributed by atoms with Gasteiger partial charge in [-0.1, -0.05) is 22.3 Å². The zero-order chi connectivity index (χ0) is 38.6. The molecule has 0 fully saturated rings. The van der Waals surface area contributed by atoms with Gasteiger partial charge in [-0.25, -0.2) is 0 Å². The van der Waals surface area contributed by atoms with Gasteiger partial charge in [0.1, 0.15) is 0 Å². The molecule has 280 valence electrons. The zero-order valence-electron chi connectivity index (χ0n) is 30.6. The van der Waals surface area contributed by atoms with Crippen molar-refractivity contribution in [3.8, 4) is 23.0 Å². The molecule has 0 saturated carbocycles. The number of benzene rings is 4. The molecule has 56 heavy (non-hydrogen) atoms. The summed E-state index contributed by atoms with van der Waals surface area (Å²) in [6.45, 7) is 0. The third-order valence-electron chi connectivity index (χ3n) is 8.60. The average molecular weight is 889 g/mol. The molecule has 0 spiro atoms. The van der Waals surface area contributed by atoms with Crippen LogP contribution in [0.2, 0.25) is 0 Å². The first-order chi connectivity index (χ1) is 23.9. The van der Waals surface area contributed by atoms with E-state index in [1.807, 2.05) is 0 Å². The van der Waals surface area contributed by atoms with E-state index in [1.54, 1.807) is 0 Å². The Morgan fingerprint density at radius 2 is 0.500 bits per heavy atom. The van der Waals surface area contributed by atoms with Crippen LogP contribution in [-0.2, 0) is 79.0 Å². The topological polar surface area (TPSA) is 310 Å². The van der Waals surface area contributed by atoms with E-state index in [4.69, 9.17) is 0 Å². The summed E-state index contributed by atoms with van der Waals surface area (Å²) < 4.78 is 137. The Labute approximate surface area is 412 Å². The number of hydrogen-bond acceptors (Lipinski definition) is 12. The second-order valence-corrected chi connectivity index (χ2v) is 17.9. The van der Waals surface area contributed by atoms with Gasteiger partial charge in [-0.3, -0.25) is 18.2 Å².